The Balaban J connectivity index is 1.61. The van der Waals surface area contributed by atoms with Gasteiger partial charge in [-0.05, 0) is 56.2 Å². The van der Waals surface area contributed by atoms with Crippen molar-refractivity contribution in [1.82, 2.24) is 9.97 Å². The van der Waals surface area contributed by atoms with Gasteiger partial charge in [-0.2, -0.15) is 0 Å². The van der Waals surface area contributed by atoms with E-state index in [0.29, 0.717) is 30.4 Å². The normalized spacial score (nSPS) is 10.6. The molecule has 3 rings (SSSR count). The third kappa shape index (κ3) is 6.00. The average molecular weight is 394 g/mol. The summed E-state index contributed by atoms with van der Waals surface area (Å²) in [5, 5.41) is 5.91. The number of halogens is 1. The van der Waals surface area contributed by atoms with Crippen molar-refractivity contribution in [3.8, 4) is 5.75 Å². The Morgan fingerprint density at radius 1 is 1.10 bits per heavy atom. The van der Waals surface area contributed by atoms with Gasteiger partial charge in [-0.15, -0.1) is 0 Å². The number of rotatable bonds is 8. The number of ether oxygens (including phenoxy) is 1. The molecule has 0 aliphatic carbocycles. The molecule has 1 aromatic heterocycles. The van der Waals surface area contributed by atoms with E-state index in [0.717, 1.165) is 5.56 Å². The maximum atomic E-state index is 13.0. The molecular weight excluding hydrogens is 371 g/mol. The highest BCUT2D eigenvalue weighted by atomic mass is 19.1. The second kappa shape index (κ2) is 9.64. The number of nitrogens with one attached hydrogen (secondary N) is 2. The quantitative estimate of drug-likeness (QED) is 0.595. The summed E-state index contributed by atoms with van der Waals surface area (Å²) in [6, 6.07) is 15.1. The zero-order valence-corrected chi connectivity index (χ0v) is 16.4. The van der Waals surface area contributed by atoms with E-state index in [1.54, 1.807) is 30.3 Å². The number of benzene rings is 2. The Bertz CT molecular complexity index is 961. The lowest BCUT2D eigenvalue weighted by atomic mass is 10.1. The van der Waals surface area contributed by atoms with Crippen molar-refractivity contribution in [3.63, 3.8) is 0 Å². The van der Waals surface area contributed by atoms with Gasteiger partial charge >= 0.3 is 0 Å². The summed E-state index contributed by atoms with van der Waals surface area (Å²) in [4.78, 5) is 21.0. The molecule has 1 amide bonds. The molecule has 2 aromatic carbocycles. The van der Waals surface area contributed by atoms with Crippen LogP contribution in [0.15, 0.2) is 60.8 Å². The molecule has 0 radical (unpaired) electrons. The van der Waals surface area contributed by atoms with E-state index < -0.39 is 0 Å². The van der Waals surface area contributed by atoms with Crippen LogP contribution in [0.5, 0.6) is 5.75 Å². The Labute approximate surface area is 169 Å². The second-order valence-corrected chi connectivity index (χ2v) is 6.69. The van der Waals surface area contributed by atoms with Crippen LogP contribution < -0.4 is 15.4 Å². The fraction of sp³-hybridized carbons (Fsp3) is 0.227. The van der Waals surface area contributed by atoms with Gasteiger partial charge in [-0.25, -0.2) is 14.4 Å². The number of aromatic nitrogens is 2. The van der Waals surface area contributed by atoms with Crippen molar-refractivity contribution in [2.24, 2.45) is 0 Å². The lowest BCUT2D eigenvalue weighted by Gasteiger charge is -2.14. The Morgan fingerprint density at radius 2 is 1.86 bits per heavy atom. The molecule has 29 heavy (non-hydrogen) atoms. The van der Waals surface area contributed by atoms with Crippen LogP contribution >= 0.6 is 0 Å². The molecule has 0 unspecified atom stereocenters. The number of anilines is 2. The van der Waals surface area contributed by atoms with Crippen molar-refractivity contribution >= 4 is 17.5 Å². The zero-order chi connectivity index (χ0) is 20.6. The molecule has 0 bridgehead atoms. The first kappa shape index (κ1) is 20.3. The van der Waals surface area contributed by atoms with Crippen molar-refractivity contribution in [2.75, 3.05) is 17.2 Å². The van der Waals surface area contributed by atoms with Gasteiger partial charge in [0.25, 0.3) is 5.91 Å². The molecule has 1 heterocycles. The highest BCUT2D eigenvalue weighted by Gasteiger charge is 2.12. The Kier molecular flexibility index (Phi) is 6.73. The summed E-state index contributed by atoms with van der Waals surface area (Å²) < 4.78 is 18.7. The summed E-state index contributed by atoms with van der Waals surface area (Å²) in [5.74, 6) is 0.340. The van der Waals surface area contributed by atoms with Crippen molar-refractivity contribution in [1.29, 1.82) is 0 Å². The number of para-hydroxylation sites is 2. The van der Waals surface area contributed by atoms with Gasteiger partial charge in [-0.1, -0.05) is 24.3 Å². The van der Waals surface area contributed by atoms with Crippen LogP contribution in [0.3, 0.4) is 0 Å². The smallest absolute Gasteiger partial charge is 0.274 e. The minimum Gasteiger partial charge on any atom is -0.489 e. The highest BCUT2D eigenvalue weighted by Crippen LogP contribution is 2.25. The van der Waals surface area contributed by atoms with E-state index in [-0.39, 0.29) is 23.5 Å². The van der Waals surface area contributed by atoms with Crippen molar-refractivity contribution < 1.29 is 13.9 Å². The molecule has 6 nitrogen and oxygen atoms in total. The first-order valence-electron chi connectivity index (χ1n) is 9.39. The fourth-order valence-electron chi connectivity index (χ4n) is 2.65. The predicted octanol–water partition coefficient (Wildman–Crippen LogP) is 4.31. The largest absolute Gasteiger partial charge is 0.489 e. The van der Waals surface area contributed by atoms with E-state index in [4.69, 9.17) is 4.74 Å². The molecule has 7 heteroatoms. The van der Waals surface area contributed by atoms with Crippen LogP contribution in [0.1, 0.15) is 29.9 Å². The Morgan fingerprint density at radius 3 is 2.62 bits per heavy atom. The molecule has 0 aliphatic heterocycles. The molecule has 3 aromatic rings. The van der Waals surface area contributed by atoms with Crippen LogP contribution in [-0.2, 0) is 6.42 Å². The van der Waals surface area contributed by atoms with Gasteiger partial charge in [0, 0.05) is 12.7 Å². The van der Waals surface area contributed by atoms with Crippen molar-refractivity contribution in [3.05, 3.63) is 77.9 Å². The number of amides is 1. The third-order valence-electron chi connectivity index (χ3n) is 4.00. The third-order valence-corrected chi connectivity index (χ3v) is 4.00. The number of hydrogen-bond donors (Lipinski definition) is 2. The van der Waals surface area contributed by atoms with Gasteiger partial charge in [0.15, 0.2) is 0 Å². The highest BCUT2D eigenvalue weighted by molar-refractivity contribution is 6.03. The minimum atomic E-state index is -0.353. The lowest BCUT2D eigenvalue weighted by molar-refractivity contribution is 0.102. The topological polar surface area (TPSA) is 76.1 Å². The fourth-order valence-corrected chi connectivity index (χ4v) is 2.65. The maximum absolute atomic E-state index is 13.0. The lowest BCUT2D eigenvalue weighted by Crippen LogP contribution is -2.17. The molecular formula is C22H23FN4O2. The number of carbonyl (C=O) groups excluding carboxylic acids is 1. The molecule has 0 spiro atoms. The van der Waals surface area contributed by atoms with Crippen LogP contribution in [0.2, 0.25) is 0 Å². The van der Waals surface area contributed by atoms with E-state index in [9.17, 15) is 9.18 Å². The monoisotopic (exact) mass is 394 g/mol. The Hall–Kier alpha value is -3.48. The van der Waals surface area contributed by atoms with E-state index in [1.165, 1.54) is 18.3 Å². The number of hydrogen-bond acceptors (Lipinski definition) is 5. The standard InChI is InChI=1S/C22H23FN4O2/c1-15(2)29-20-6-4-3-5-18(20)26-21(28)19-12-14-25-22(27-19)24-13-11-16-7-9-17(23)10-8-16/h3-10,12,14-15H,11,13H2,1-2H3,(H,26,28)(H,24,25,27). The van der Waals surface area contributed by atoms with Crippen LogP contribution in [-0.4, -0.2) is 28.5 Å². The molecule has 0 fully saturated rings. The molecule has 0 saturated heterocycles. The van der Waals surface area contributed by atoms with Gasteiger partial charge in [-0.3, -0.25) is 4.79 Å². The first-order valence-corrected chi connectivity index (χ1v) is 9.39. The van der Waals surface area contributed by atoms with Gasteiger partial charge in [0.2, 0.25) is 5.95 Å². The molecule has 2 N–H and O–H groups in total. The first-order chi connectivity index (χ1) is 14.0. The number of carbonyl (C=O) groups is 1. The van der Waals surface area contributed by atoms with E-state index >= 15 is 0 Å². The summed E-state index contributed by atoms with van der Waals surface area (Å²) >= 11 is 0. The minimum absolute atomic E-state index is 0.0102. The van der Waals surface area contributed by atoms with Crippen LogP contribution in [0.4, 0.5) is 16.0 Å². The predicted molar refractivity (Wildman–Crippen MR) is 111 cm³/mol. The summed E-state index contributed by atoms with van der Waals surface area (Å²) in [5.41, 5.74) is 1.81. The summed E-state index contributed by atoms with van der Waals surface area (Å²) in [6.45, 7) is 4.40. The second-order valence-electron chi connectivity index (χ2n) is 6.69. The van der Waals surface area contributed by atoms with Gasteiger partial charge < -0.3 is 15.4 Å². The van der Waals surface area contributed by atoms with Crippen LogP contribution in [0.25, 0.3) is 0 Å². The molecule has 150 valence electrons. The number of nitrogens with zero attached hydrogens (tertiary/aromatic N) is 2. The van der Waals surface area contributed by atoms with Crippen LogP contribution in [0, 0.1) is 5.82 Å². The average Bonchev–Trinajstić information content (AvgIpc) is 2.71. The van der Waals surface area contributed by atoms with E-state index in [1.807, 2.05) is 26.0 Å². The molecule has 0 saturated carbocycles. The zero-order valence-electron chi connectivity index (χ0n) is 16.4. The summed E-state index contributed by atoms with van der Waals surface area (Å²) in [6.07, 6.45) is 2.20. The van der Waals surface area contributed by atoms with Gasteiger partial charge in [0.1, 0.15) is 17.3 Å². The maximum Gasteiger partial charge on any atom is 0.274 e. The van der Waals surface area contributed by atoms with Gasteiger partial charge in [0.05, 0.1) is 11.8 Å². The van der Waals surface area contributed by atoms with Crippen molar-refractivity contribution in [2.45, 2.75) is 26.4 Å². The molecule has 0 atom stereocenters. The SMILES string of the molecule is CC(C)Oc1ccccc1NC(=O)c1ccnc(NCCc2ccc(F)cc2)n1. The summed E-state index contributed by atoms with van der Waals surface area (Å²) in [7, 11) is 0. The van der Waals surface area contributed by atoms with E-state index in [2.05, 4.69) is 20.6 Å². The molecule has 0 aliphatic rings.